The van der Waals surface area contributed by atoms with Gasteiger partial charge in [0, 0.05) is 43.3 Å². The smallest absolute Gasteiger partial charge is 0.273 e. The van der Waals surface area contributed by atoms with Crippen LogP contribution in [0.3, 0.4) is 0 Å². The number of hydrazine groups is 1. The minimum absolute atomic E-state index is 0. The van der Waals surface area contributed by atoms with Gasteiger partial charge in [0.1, 0.15) is 18.2 Å². The molecule has 1 amide bonds. The second kappa shape index (κ2) is 9.86. The summed E-state index contributed by atoms with van der Waals surface area (Å²) in [6.07, 6.45) is 1.44. The summed E-state index contributed by atoms with van der Waals surface area (Å²) in [4.78, 5) is 20.2. The van der Waals surface area contributed by atoms with Crippen LogP contribution in [0, 0.1) is 17.5 Å². The number of morpholine rings is 1. The van der Waals surface area contributed by atoms with Gasteiger partial charge < -0.3 is 14.4 Å². The lowest BCUT2D eigenvalue weighted by Gasteiger charge is -2.33. The quantitative estimate of drug-likeness (QED) is 0.383. The van der Waals surface area contributed by atoms with E-state index in [0.717, 1.165) is 11.8 Å². The summed E-state index contributed by atoms with van der Waals surface area (Å²) in [5.74, 6) is -3.03. The lowest BCUT2D eigenvalue weighted by molar-refractivity contribution is 0.0943. The van der Waals surface area contributed by atoms with Gasteiger partial charge in [-0.05, 0) is 18.2 Å². The lowest BCUT2D eigenvalue weighted by atomic mass is 9.98. The monoisotopic (exact) mass is 522 g/mol. The Hall–Kier alpha value is -4.31. The summed E-state index contributed by atoms with van der Waals surface area (Å²) < 4.78 is 53.6. The molecule has 0 aliphatic carbocycles. The van der Waals surface area contributed by atoms with E-state index in [4.69, 9.17) is 9.47 Å². The topological polar surface area (TPSA) is 66.9 Å². The summed E-state index contributed by atoms with van der Waals surface area (Å²) in [5, 5.41) is 2.32. The van der Waals surface area contributed by atoms with Crippen LogP contribution in [0.25, 0.3) is 22.0 Å². The maximum absolute atomic E-state index is 14.7. The first kappa shape index (κ1) is 24.1. The van der Waals surface area contributed by atoms with E-state index in [-0.39, 0.29) is 12.9 Å². The van der Waals surface area contributed by atoms with E-state index in [1.165, 1.54) is 6.20 Å². The van der Waals surface area contributed by atoms with E-state index < -0.39 is 17.5 Å². The Kier molecular flexibility index (Phi) is 6.24. The van der Waals surface area contributed by atoms with E-state index in [0.29, 0.717) is 79.0 Å². The number of fused-ring (bicyclic) bond motifs is 2. The molecule has 38 heavy (non-hydrogen) atoms. The fourth-order valence-corrected chi connectivity index (χ4v) is 4.92. The zero-order valence-corrected chi connectivity index (χ0v) is 20.2. The predicted octanol–water partition coefficient (Wildman–Crippen LogP) is 4.95. The van der Waals surface area contributed by atoms with Crippen LogP contribution in [0.1, 0.15) is 11.8 Å². The number of rotatable bonds is 4. The van der Waals surface area contributed by atoms with E-state index in [1.807, 2.05) is 29.2 Å². The number of nitrogens with one attached hydrogen (secondary N) is 1. The van der Waals surface area contributed by atoms with E-state index in [1.54, 1.807) is 23.2 Å². The molecule has 0 radical (unpaired) electrons. The Balaban J connectivity index is 0.00000308. The molecule has 1 N–H and O–H groups in total. The molecule has 1 saturated heterocycles. The van der Waals surface area contributed by atoms with E-state index in [9.17, 15) is 18.0 Å². The molecule has 1 fully saturated rings. The van der Waals surface area contributed by atoms with Gasteiger partial charge in [-0.1, -0.05) is 30.3 Å². The number of halogens is 3. The predicted molar refractivity (Wildman–Crippen MR) is 139 cm³/mol. The minimum atomic E-state index is -1.27. The number of hydrogen-bond acceptors (Lipinski definition) is 6. The van der Waals surface area contributed by atoms with Crippen molar-refractivity contribution >= 4 is 28.2 Å². The average Bonchev–Trinajstić information content (AvgIpc) is 2.94. The van der Waals surface area contributed by atoms with E-state index in [2.05, 4.69) is 10.4 Å². The van der Waals surface area contributed by atoms with Crippen molar-refractivity contribution in [1.82, 2.24) is 10.4 Å². The number of pyridine rings is 1. The van der Waals surface area contributed by atoms with Crippen molar-refractivity contribution in [3.63, 3.8) is 0 Å². The number of anilines is 2. The van der Waals surface area contributed by atoms with Crippen molar-refractivity contribution in [1.29, 1.82) is 0 Å². The molecular formula is C28H25F3N4O3. The molecule has 0 spiro atoms. The van der Waals surface area contributed by atoms with Crippen molar-refractivity contribution < 1.29 is 28.9 Å². The Morgan fingerprint density at radius 2 is 1.68 bits per heavy atom. The van der Waals surface area contributed by atoms with Crippen LogP contribution < -0.4 is 20.1 Å². The van der Waals surface area contributed by atoms with Gasteiger partial charge in [0.05, 0.1) is 42.2 Å². The van der Waals surface area contributed by atoms with Crippen molar-refractivity contribution in [3.8, 4) is 16.9 Å². The second-order valence-corrected chi connectivity index (χ2v) is 8.98. The number of para-hydroxylation sites is 3. The van der Waals surface area contributed by atoms with Gasteiger partial charge in [0.15, 0.2) is 11.6 Å². The third-order valence-corrected chi connectivity index (χ3v) is 6.71. The van der Waals surface area contributed by atoms with Crippen LogP contribution in [0.4, 0.5) is 24.5 Å². The molecule has 196 valence electrons. The zero-order valence-electron chi connectivity index (χ0n) is 20.2. The van der Waals surface area contributed by atoms with Crippen LogP contribution in [0.2, 0.25) is 0 Å². The molecule has 3 aromatic carbocycles. The largest absolute Gasteiger partial charge is 0.489 e. The molecule has 10 heteroatoms. The van der Waals surface area contributed by atoms with Crippen molar-refractivity contribution in [3.05, 3.63) is 83.8 Å². The maximum atomic E-state index is 14.7. The molecule has 2 aliphatic heterocycles. The van der Waals surface area contributed by atoms with E-state index >= 15 is 0 Å². The van der Waals surface area contributed by atoms with Crippen LogP contribution in [0.15, 0.2) is 60.8 Å². The molecule has 0 saturated carbocycles. The third-order valence-electron chi connectivity index (χ3n) is 6.71. The first-order valence-electron chi connectivity index (χ1n) is 12.2. The summed E-state index contributed by atoms with van der Waals surface area (Å²) in [6.45, 7) is 2.87. The summed E-state index contributed by atoms with van der Waals surface area (Å²) in [7, 11) is 0. The SMILES string of the molecule is O=C(NN1CCOc2ccccc21)c1cnc2c(-c3cc(F)c(F)cc3F)cccc2c1N1CCOCC1.[HH]. The standard InChI is InChI=1S/C28H23F3N4O3.H2/c29-21-15-23(31)22(30)14-19(21)17-4-3-5-18-26(17)32-16-20(27(18)34-8-11-37-12-9-34)28(36)33-35-10-13-38-25-7-2-1-6-24(25)35;/h1-7,14-16H,8-13H2,(H,33,36);1H. The number of ether oxygens (including phenoxy) is 2. The van der Waals surface area contributed by atoms with Gasteiger partial charge in [-0.15, -0.1) is 0 Å². The first-order valence-corrected chi connectivity index (χ1v) is 12.2. The first-order chi connectivity index (χ1) is 18.5. The van der Waals surface area contributed by atoms with Gasteiger partial charge in [-0.3, -0.25) is 20.2 Å². The second-order valence-electron chi connectivity index (χ2n) is 8.98. The number of hydrogen-bond donors (Lipinski definition) is 1. The molecule has 4 aromatic rings. The van der Waals surface area contributed by atoms with Gasteiger partial charge in [-0.25, -0.2) is 13.2 Å². The lowest BCUT2D eigenvalue weighted by Crippen LogP contribution is -2.47. The van der Waals surface area contributed by atoms with Gasteiger partial charge in [-0.2, -0.15) is 0 Å². The molecule has 1 aromatic heterocycles. The average molecular weight is 523 g/mol. The number of nitrogens with zero attached hydrogens (tertiary/aromatic N) is 3. The molecular weight excluding hydrogens is 497 g/mol. The number of amides is 1. The maximum Gasteiger partial charge on any atom is 0.273 e. The molecule has 7 nitrogen and oxygen atoms in total. The van der Waals surface area contributed by atoms with Crippen molar-refractivity contribution in [2.45, 2.75) is 0 Å². The van der Waals surface area contributed by atoms with Crippen molar-refractivity contribution in [2.24, 2.45) is 0 Å². The Morgan fingerprint density at radius 1 is 0.895 bits per heavy atom. The summed E-state index contributed by atoms with van der Waals surface area (Å²) >= 11 is 0. The third kappa shape index (κ3) is 4.26. The number of carbonyl (C=O) groups is 1. The zero-order chi connectivity index (χ0) is 26.2. The van der Waals surface area contributed by atoms with Crippen LogP contribution in [-0.2, 0) is 4.74 Å². The van der Waals surface area contributed by atoms with Crippen LogP contribution >= 0.6 is 0 Å². The fourth-order valence-electron chi connectivity index (χ4n) is 4.92. The molecule has 0 bridgehead atoms. The molecule has 0 unspecified atom stereocenters. The molecule has 3 heterocycles. The Labute approximate surface area is 217 Å². The highest BCUT2D eigenvalue weighted by molar-refractivity contribution is 6.10. The number of carbonyl (C=O) groups excluding carboxylic acids is 1. The highest BCUT2D eigenvalue weighted by Gasteiger charge is 2.27. The highest BCUT2D eigenvalue weighted by Crippen LogP contribution is 2.37. The molecule has 2 aliphatic rings. The Morgan fingerprint density at radius 3 is 2.53 bits per heavy atom. The van der Waals surface area contributed by atoms with Crippen LogP contribution in [0.5, 0.6) is 5.75 Å². The molecule has 0 atom stereocenters. The highest BCUT2D eigenvalue weighted by atomic mass is 19.2. The minimum Gasteiger partial charge on any atom is -0.489 e. The van der Waals surface area contributed by atoms with Gasteiger partial charge >= 0.3 is 0 Å². The number of aromatic nitrogens is 1. The van der Waals surface area contributed by atoms with Gasteiger partial charge in [0.2, 0.25) is 0 Å². The fraction of sp³-hybridized carbons (Fsp3) is 0.214. The summed E-state index contributed by atoms with van der Waals surface area (Å²) in [5.41, 5.74) is 5.20. The Bertz CT molecular complexity index is 1550. The van der Waals surface area contributed by atoms with Crippen molar-refractivity contribution in [2.75, 3.05) is 49.4 Å². The normalized spacial score (nSPS) is 15.2. The molecule has 6 rings (SSSR count). The number of benzene rings is 3. The summed E-state index contributed by atoms with van der Waals surface area (Å²) in [6, 6.07) is 13.8. The van der Waals surface area contributed by atoms with Crippen LogP contribution in [-0.4, -0.2) is 50.3 Å². The van der Waals surface area contributed by atoms with Gasteiger partial charge in [0.25, 0.3) is 5.91 Å².